The predicted octanol–water partition coefficient (Wildman–Crippen LogP) is 4.25. The normalized spacial score (nSPS) is 13.1. The van der Waals surface area contributed by atoms with Gasteiger partial charge in [-0.25, -0.2) is 4.99 Å². The van der Waals surface area contributed by atoms with Gasteiger partial charge in [0.2, 0.25) is 0 Å². The smallest absolute Gasteiger partial charge is 0.388 e. The molecule has 7 nitrogen and oxygen atoms in total. The Kier molecular flexibility index (Phi) is 6.30. The highest BCUT2D eigenvalue weighted by molar-refractivity contribution is 6.37. The van der Waals surface area contributed by atoms with E-state index in [2.05, 4.69) is 15.2 Å². The van der Waals surface area contributed by atoms with Gasteiger partial charge in [0.25, 0.3) is 0 Å². The Hall–Kier alpha value is -3.29. The summed E-state index contributed by atoms with van der Waals surface area (Å²) in [6.07, 6.45) is -9.41. The van der Waals surface area contributed by atoms with E-state index in [1.165, 1.54) is 12.1 Å². The Morgan fingerprint density at radius 2 is 1.60 bits per heavy atom. The lowest BCUT2D eigenvalue weighted by Crippen LogP contribution is -2.10. The Bertz CT molecular complexity index is 1110. The van der Waals surface area contributed by atoms with Crippen molar-refractivity contribution >= 4 is 29.4 Å². The molecular weight excluding hydrogens is 463 g/mol. The van der Waals surface area contributed by atoms with Crippen LogP contribution < -0.4 is 5.73 Å². The van der Waals surface area contributed by atoms with Crippen LogP contribution in [-0.4, -0.2) is 21.2 Å². The van der Waals surface area contributed by atoms with Crippen molar-refractivity contribution in [1.29, 1.82) is 10.5 Å². The summed E-state index contributed by atoms with van der Waals surface area (Å²) < 4.78 is 78.3. The molecule has 0 saturated carbocycles. The maximum Gasteiger partial charge on any atom is 0.437 e. The standard InChI is InChI=1S/C15H5Cl2F6N7/c16-7-1-6(14(18,19)20)2-8(17)12(7)30-28-11(13(29-30)15(21,22)23)5-27-10(4-25)9(26)3-24/h1-2,5H,26H2. The molecule has 0 aliphatic heterocycles. The molecule has 2 rings (SSSR count). The summed E-state index contributed by atoms with van der Waals surface area (Å²) in [6, 6.07) is 3.68. The lowest BCUT2D eigenvalue weighted by molar-refractivity contribution is -0.141. The van der Waals surface area contributed by atoms with Gasteiger partial charge in [-0.1, -0.05) is 23.2 Å². The number of aromatic nitrogens is 3. The Morgan fingerprint density at radius 3 is 2.03 bits per heavy atom. The Morgan fingerprint density at radius 1 is 1.03 bits per heavy atom. The van der Waals surface area contributed by atoms with Crippen molar-refractivity contribution in [3.05, 3.63) is 50.5 Å². The highest BCUT2D eigenvalue weighted by Gasteiger charge is 2.39. The molecule has 1 aromatic heterocycles. The van der Waals surface area contributed by atoms with Crippen LogP contribution in [0.25, 0.3) is 5.69 Å². The molecule has 0 amide bonds. The lowest BCUT2D eigenvalue weighted by Gasteiger charge is -2.11. The predicted molar refractivity (Wildman–Crippen MR) is 91.4 cm³/mol. The molecule has 0 saturated heterocycles. The van der Waals surface area contributed by atoms with Gasteiger partial charge in [0.1, 0.15) is 29.2 Å². The molecule has 0 spiro atoms. The van der Waals surface area contributed by atoms with Crippen LogP contribution in [0.5, 0.6) is 0 Å². The van der Waals surface area contributed by atoms with Crippen LogP contribution in [0.4, 0.5) is 26.3 Å². The minimum absolute atomic E-state index is 0.276. The molecule has 0 unspecified atom stereocenters. The zero-order valence-corrected chi connectivity index (χ0v) is 15.5. The van der Waals surface area contributed by atoms with Crippen molar-refractivity contribution in [1.82, 2.24) is 15.0 Å². The zero-order chi connectivity index (χ0) is 22.9. The summed E-state index contributed by atoms with van der Waals surface area (Å²) in [5.74, 6) is 0. The fourth-order valence-corrected chi connectivity index (χ4v) is 2.60. The SMILES string of the molecule is N#CC(N)=C(C#N)N=Cc1nn(-c2c(Cl)cc(C(F)(F)F)cc2Cl)nc1C(F)(F)F. The minimum atomic E-state index is -5.07. The van der Waals surface area contributed by atoms with Crippen LogP contribution in [0, 0.1) is 22.7 Å². The monoisotopic (exact) mass is 467 g/mol. The largest absolute Gasteiger partial charge is 0.437 e. The molecular formula is C15H5Cl2F6N7. The average molecular weight is 468 g/mol. The summed E-state index contributed by atoms with van der Waals surface area (Å²) in [6.45, 7) is 0. The molecule has 0 atom stereocenters. The molecule has 0 bridgehead atoms. The van der Waals surface area contributed by atoms with Crippen LogP contribution >= 0.6 is 23.2 Å². The van der Waals surface area contributed by atoms with Crippen molar-refractivity contribution in [2.75, 3.05) is 0 Å². The van der Waals surface area contributed by atoms with E-state index in [0.717, 1.165) is 0 Å². The van der Waals surface area contributed by atoms with Gasteiger partial charge in [-0.2, -0.15) is 36.9 Å². The second-order valence-electron chi connectivity index (χ2n) is 5.25. The van der Waals surface area contributed by atoms with Crippen LogP contribution in [0.3, 0.4) is 0 Å². The maximum absolute atomic E-state index is 13.3. The van der Waals surface area contributed by atoms with E-state index in [-0.39, 0.29) is 4.80 Å². The molecule has 2 N–H and O–H groups in total. The molecule has 2 aromatic rings. The Labute approximate surface area is 173 Å². The van der Waals surface area contributed by atoms with Crippen molar-refractivity contribution in [3.8, 4) is 17.8 Å². The van der Waals surface area contributed by atoms with E-state index in [1.807, 2.05) is 0 Å². The number of hydrogen-bond acceptors (Lipinski definition) is 6. The van der Waals surface area contributed by atoms with Crippen LogP contribution in [0.2, 0.25) is 10.0 Å². The van der Waals surface area contributed by atoms with Gasteiger partial charge < -0.3 is 5.73 Å². The van der Waals surface area contributed by atoms with Gasteiger partial charge >= 0.3 is 12.4 Å². The minimum Gasteiger partial charge on any atom is -0.388 e. The van der Waals surface area contributed by atoms with E-state index >= 15 is 0 Å². The number of allylic oxidation sites excluding steroid dienone is 2. The number of nitrogens with two attached hydrogens (primary N) is 1. The van der Waals surface area contributed by atoms with E-state index in [0.29, 0.717) is 18.3 Å². The molecule has 1 aromatic carbocycles. The van der Waals surface area contributed by atoms with Crippen molar-refractivity contribution in [3.63, 3.8) is 0 Å². The number of hydrogen-bond donors (Lipinski definition) is 1. The first-order chi connectivity index (χ1) is 13.8. The van der Waals surface area contributed by atoms with E-state index in [4.69, 9.17) is 39.5 Å². The molecule has 0 aliphatic rings. The summed E-state index contributed by atoms with van der Waals surface area (Å²) in [5.41, 5.74) is -0.488. The second-order valence-corrected chi connectivity index (χ2v) is 6.07. The van der Waals surface area contributed by atoms with Gasteiger partial charge in [-0.3, -0.25) is 0 Å². The fraction of sp³-hybridized carbons (Fsp3) is 0.133. The first-order valence-corrected chi connectivity index (χ1v) is 8.00. The van der Waals surface area contributed by atoms with Gasteiger partial charge in [0.05, 0.1) is 21.8 Å². The second kappa shape index (κ2) is 8.22. The fourth-order valence-electron chi connectivity index (χ4n) is 1.96. The Balaban J connectivity index is 2.67. The molecule has 0 aliphatic carbocycles. The van der Waals surface area contributed by atoms with Gasteiger partial charge in [-0.15, -0.1) is 15.0 Å². The lowest BCUT2D eigenvalue weighted by atomic mass is 10.2. The molecule has 15 heteroatoms. The highest BCUT2D eigenvalue weighted by Crippen LogP contribution is 2.38. The summed E-state index contributed by atoms with van der Waals surface area (Å²) >= 11 is 11.5. The number of halogens is 8. The van der Waals surface area contributed by atoms with Crippen LogP contribution in [-0.2, 0) is 12.4 Å². The number of nitrogens with zero attached hydrogens (tertiary/aromatic N) is 6. The van der Waals surface area contributed by atoms with Crippen LogP contribution in [0.1, 0.15) is 17.0 Å². The number of alkyl halides is 6. The number of aliphatic imine (C=N–C) groups is 1. The number of rotatable bonds is 3. The van der Waals surface area contributed by atoms with Crippen molar-refractivity contribution in [2.45, 2.75) is 12.4 Å². The zero-order valence-electron chi connectivity index (χ0n) is 14.0. The van der Waals surface area contributed by atoms with E-state index in [9.17, 15) is 26.3 Å². The van der Waals surface area contributed by atoms with Crippen molar-refractivity contribution < 1.29 is 26.3 Å². The topological polar surface area (TPSA) is 117 Å². The first kappa shape index (κ1) is 23.0. The van der Waals surface area contributed by atoms with Gasteiger partial charge in [0.15, 0.2) is 11.4 Å². The molecule has 30 heavy (non-hydrogen) atoms. The van der Waals surface area contributed by atoms with Crippen molar-refractivity contribution in [2.24, 2.45) is 10.7 Å². The number of benzene rings is 1. The third kappa shape index (κ3) is 4.82. The molecule has 156 valence electrons. The summed E-state index contributed by atoms with van der Waals surface area (Å²) in [7, 11) is 0. The summed E-state index contributed by atoms with van der Waals surface area (Å²) in [4.78, 5) is 3.65. The summed E-state index contributed by atoms with van der Waals surface area (Å²) in [5, 5.41) is 22.8. The first-order valence-electron chi connectivity index (χ1n) is 7.24. The molecule has 0 radical (unpaired) electrons. The van der Waals surface area contributed by atoms with Crippen LogP contribution in [0.15, 0.2) is 28.5 Å². The van der Waals surface area contributed by atoms with Gasteiger partial charge in [0, 0.05) is 0 Å². The average Bonchev–Trinajstić information content (AvgIpc) is 3.04. The molecule has 1 heterocycles. The number of nitriles is 2. The van der Waals surface area contributed by atoms with E-state index < -0.39 is 56.4 Å². The quantitative estimate of drug-likeness (QED) is 0.411. The third-order valence-electron chi connectivity index (χ3n) is 3.25. The highest BCUT2D eigenvalue weighted by atomic mass is 35.5. The molecule has 0 fully saturated rings. The van der Waals surface area contributed by atoms with E-state index in [1.54, 1.807) is 0 Å². The maximum atomic E-state index is 13.3. The third-order valence-corrected chi connectivity index (χ3v) is 3.83. The van der Waals surface area contributed by atoms with Gasteiger partial charge in [-0.05, 0) is 12.1 Å².